The minimum absolute atomic E-state index is 0.581. The van der Waals surface area contributed by atoms with Crippen molar-refractivity contribution in [3.05, 3.63) is 41.1 Å². The van der Waals surface area contributed by atoms with Gasteiger partial charge in [-0.25, -0.2) is 0 Å². The molecule has 0 aliphatic rings. The van der Waals surface area contributed by atoms with Gasteiger partial charge in [-0.3, -0.25) is 4.98 Å². The highest BCUT2D eigenvalue weighted by Crippen LogP contribution is 2.29. The first-order valence-corrected chi connectivity index (χ1v) is 6.00. The molecule has 0 spiro atoms. The molecule has 0 unspecified atom stereocenters. The summed E-state index contributed by atoms with van der Waals surface area (Å²) in [5, 5.41) is 1.26. The molecule has 0 aliphatic heterocycles. The molecule has 84 valence electrons. The first-order valence-electron chi connectivity index (χ1n) is 6.00. The van der Waals surface area contributed by atoms with Crippen LogP contribution in [-0.4, -0.2) is 4.98 Å². The maximum Gasteiger partial charge on any atom is 0.0742 e. The van der Waals surface area contributed by atoms with Crippen LogP contribution in [0.25, 0.3) is 10.9 Å². The Kier molecular flexibility index (Phi) is 2.95. The molecule has 0 saturated heterocycles. The number of fused-ring (bicyclic) bond motifs is 1. The van der Waals surface area contributed by atoms with Gasteiger partial charge in [0.25, 0.3) is 0 Å². The normalized spacial score (nSPS) is 13.0. The lowest BCUT2D eigenvalue weighted by Crippen LogP contribution is -1.99. The molecule has 0 bridgehead atoms. The Morgan fingerprint density at radius 1 is 1.12 bits per heavy atom. The van der Waals surface area contributed by atoms with Gasteiger partial charge in [0.2, 0.25) is 0 Å². The molecule has 0 amide bonds. The van der Waals surface area contributed by atoms with Crippen LogP contribution < -0.4 is 0 Å². The second kappa shape index (κ2) is 4.25. The van der Waals surface area contributed by atoms with Gasteiger partial charge >= 0.3 is 0 Å². The molecule has 0 N–H and O–H groups in total. The minimum Gasteiger partial charge on any atom is -0.253 e. The van der Waals surface area contributed by atoms with Crippen LogP contribution in [0.15, 0.2) is 24.3 Å². The van der Waals surface area contributed by atoms with Crippen LogP contribution in [0.4, 0.5) is 0 Å². The summed E-state index contributed by atoms with van der Waals surface area (Å²) in [6.45, 7) is 8.76. The Bertz CT molecular complexity index is 509. The van der Waals surface area contributed by atoms with Gasteiger partial charge in [-0.15, -0.1) is 0 Å². The van der Waals surface area contributed by atoms with E-state index in [-0.39, 0.29) is 0 Å². The van der Waals surface area contributed by atoms with Crippen LogP contribution >= 0.6 is 0 Å². The molecule has 2 rings (SSSR count). The average molecular weight is 213 g/mol. The molecule has 1 heterocycles. The smallest absolute Gasteiger partial charge is 0.0742 e. The van der Waals surface area contributed by atoms with Crippen molar-refractivity contribution in [2.24, 2.45) is 0 Å². The van der Waals surface area contributed by atoms with E-state index in [1.807, 2.05) is 0 Å². The molecular formula is C15H19N. The predicted octanol–water partition coefficient (Wildman–Crippen LogP) is 4.37. The molecule has 1 nitrogen and oxygen atoms in total. The second-order valence-electron chi connectivity index (χ2n) is 4.63. The fourth-order valence-corrected chi connectivity index (χ4v) is 2.24. The number of nitrogens with zero attached hydrogens (tertiary/aromatic N) is 1. The summed E-state index contributed by atoms with van der Waals surface area (Å²) in [6.07, 6.45) is 1.16. The Balaban J connectivity index is 2.77. The lowest BCUT2D eigenvalue weighted by Gasteiger charge is -2.15. The van der Waals surface area contributed by atoms with Crippen molar-refractivity contribution in [2.45, 2.75) is 40.0 Å². The van der Waals surface area contributed by atoms with Crippen LogP contribution in [-0.2, 0) is 0 Å². The third-order valence-corrected chi connectivity index (χ3v) is 3.36. The number of aromatic nitrogens is 1. The summed E-state index contributed by atoms with van der Waals surface area (Å²) < 4.78 is 0. The zero-order valence-electron chi connectivity index (χ0n) is 10.5. The summed E-state index contributed by atoms with van der Waals surface area (Å²) in [5.41, 5.74) is 5.07. The van der Waals surface area contributed by atoms with E-state index in [2.05, 4.69) is 52.0 Å². The van der Waals surface area contributed by atoms with Gasteiger partial charge in [-0.05, 0) is 43.4 Å². The zero-order valence-corrected chi connectivity index (χ0v) is 10.5. The topological polar surface area (TPSA) is 12.9 Å². The number of rotatable bonds is 2. The highest BCUT2D eigenvalue weighted by molar-refractivity contribution is 5.83. The monoisotopic (exact) mass is 213 g/mol. The van der Waals surface area contributed by atoms with Crippen molar-refractivity contribution in [3.63, 3.8) is 0 Å². The summed E-state index contributed by atoms with van der Waals surface area (Å²) in [6, 6.07) is 8.63. The van der Waals surface area contributed by atoms with E-state index in [9.17, 15) is 0 Å². The molecule has 1 heteroatoms. The van der Waals surface area contributed by atoms with Crippen LogP contribution in [0, 0.1) is 13.8 Å². The lowest BCUT2D eigenvalue weighted by molar-refractivity contribution is 0.732. The third kappa shape index (κ3) is 1.82. The Hall–Kier alpha value is -1.37. The van der Waals surface area contributed by atoms with Crippen LogP contribution in [0.3, 0.4) is 0 Å². The quantitative estimate of drug-likeness (QED) is 0.722. The summed E-state index contributed by atoms with van der Waals surface area (Å²) >= 11 is 0. The van der Waals surface area contributed by atoms with Crippen LogP contribution in [0.1, 0.15) is 43.0 Å². The fourth-order valence-electron chi connectivity index (χ4n) is 2.24. The van der Waals surface area contributed by atoms with E-state index in [1.165, 1.54) is 22.0 Å². The van der Waals surface area contributed by atoms with Crippen molar-refractivity contribution in [1.82, 2.24) is 4.98 Å². The van der Waals surface area contributed by atoms with Gasteiger partial charge in [0.05, 0.1) is 5.52 Å². The standard InChI is InChI=1S/C15H19N/c1-5-10(2)14-11(3)6-8-13-9-7-12(4)16-15(13)14/h6-10H,5H2,1-4H3/t10-/m1/s1. The molecule has 1 atom stereocenters. The van der Waals surface area contributed by atoms with E-state index in [1.54, 1.807) is 0 Å². The van der Waals surface area contributed by atoms with Crippen LogP contribution in [0.5, 0.6) is 0 Å². The lowest BCUT2D eigenvalue weighted by atomic mass is 9.91. The molecule has 0 radical (unpaired) electrons. The van der Waals surface area contributed by atoms with Gasteiger partial charge < -0.3 is 0 Å². The van der Waals surface area contributed by atoms with E-state index in [4.69, 9.17) is 4.98 Å². The molecule has 2 aromatic rings. The highest BCUT2D eigenvalue weighted by atomic mass is 14.7. The SMILES string of the molecule is CC[C@@H](C)c1c(C)ccc2ccc(C)nc12. The third-order valence-electron chi connectivity index (χ3n) is 3.36. The van der Waals surface area contributed by atoms with Gasteiger partial charge in [0.1, 0.15) is 0 Å². The van der Waals surface area contributed by atoms with Crippen molar-refractivity contribution in [2.75, 3.05) is 0 Å². The molecule has 1 aromatic carbocycles. The number of aryl methyl sites for hydroxylation is 2. The number of pyridine rings is 1. The van der Waals surface area contributed by atoms with Crippen molar-refractivity contribution < 1.29 is 0 Å². The second-order valence-corrected chi connectivity index (χ2v) is 4.63. The van der Waals surface area contributed by atoms with Crippen LogP contribution in [0.2, 0.25) is 0 Å². The highest BCUT2D eigenvalue weighted by Gasteiger charge is 2.11. The predicted molar refractivity (Wildman–Crippen MR) is 69.9 cm³/mol. The number of hydrogen-bond acceptors (Lipinski definition) is 1. The van der Waals surface area contributed by atoms with Crippen molar-refractivity contribution in [3.8, 4) is 0 Å². The maximum absolute atomic E-state index is 4.71. The molecule has 1 aromatic heterocycles. The van der Waals surface area contributed by atoms with Crippen molar-refractivity contribution >= 4 is 10.9 Å². The largest absolute Gasteiger partial charge is 0.253 e. The Morgan fingerprint density at radius 3 is 2.50 bits per heavy atom. The first-order chi connectivity index (χ1) is 7.63. The van der Waals surface area contributed by atoms with Gasteiger partial charge in [0, 0.05) is 11.1 Å². The maximum atomic E-state index is 4.71. The first kappa shape index (κ1) is 11.1. The molecule has 0 fully saturated rings. The minimum atomic E-state index is 0.581. The zero-order chi connectivity index (χ0) is 11.7. The van der Waals surface area contributed by atoms with E-state index in [0.717, 1.165) is 12.1 Å². The Labute approximate surface area is 97.5 Å². The van der Waals surface area contributed by atoms with Gasteiger partial charge in [0.15, 0.2) is 0 Å². The summed E-state index contributed by atoms with van der Waals surface area (Å²) in [4.78, 5) is 4.71. The van der Waals surface area contributed by atoms with E-state index in [0.29, 0.717) is 5.92 Å². The number of benzene rings is 1. The fraction of sp³-hybridized carbons (Fsp3) is 0.400. The Morgan fingerprint density at radius 2 is 1.81 bits per heavy atom. The number of hydrogen-bond donors (Lipinski definition) is 0. The van der Waals surface area contributed by atoms with Crippen molar-refractivity contribution in [1.29, 1.82) is 0 Å². The van der Waals surface area contributed by atoms with Gasteiger partial charge in [-0.2, -0.15) is 0 Å². The molecule has 16 heavy (non-hydrogen) atoms. The van der Waals surface area contributed by atoms with E-state index < -0.39 is 0 Å². The summed E-state index contributed by atoms with van der Waals surface area (Å²) in [7, 11) is 0. The molecule has 0 aliphatic carbocycles. The summed E-state index contributed by atoms with van der Waals surface area (Å²) in [5.74, 6) is 0.581. The molecule has 0 saturated carbocycles. The average Bonchev–Trinajstić information content (AvgIpc) is 2.28. The molecular weight excluding hydrogens is 194 g/mol. The van der Waals surface area contributed by atoms with Gasteiger partial charge in [-0.1, -0.05) is 32.0 Å². The van der Waals surface area contributed by atoms with E-state index >= 15 is 0 Å².